The van der Waals surface area contributed by atoms with E-state index in [2.05, 4.69) is 25.1 Å². The standard InChI is InChI=1S/C19H30N6O3/c26-17(15-4-2-1-3-5-15)20-14-16-21-18(24-6-10-27-11-7-24)23-19(22-16)25-8-12-28-13-9-25/h15H,1-14H2,(H,20,26). The number of ether oxygens (including phenoxy) is 2. The largest absolute Gasteiger partial charge is 0.378 e. The molecule has 3 fully saturated rings. The minimum absolute atomic E-state index is 0.126. The van der Waals surface area contributed by atoms with Gasteiger partial charge in [0.15, 0.2) is 5.82 Å². The molecule has 0 radical (unpaired) electrons. The number of rotatable bonds is 5. The first-order valence-corrected chi connectivity index (χ1v) is 10.5. The highest BCUT2D eigenvalue weighted by molar-refractivity contribution is 5.78. The summed E-state index contributed by atoms with van der Waals surface area (Å²) in [5, 5.41) is 3.05. The van der Waals surface area contributed by atoms with Crippen LogP contribution in [0.1, 0.15) is 37.9 Å². The average Bonchev–Trinajstić information content (AvgIpc) is 2.79. The van der Waals surface area contributed by atoms with Crippen molar-refractivity contribution in [3.8, 4) is 0 Å². The van der Waals surface area contributed by atoms with Crippen LogP contribution in [0, 0.1) is 5.92 Å². The first-order chi connectivity index (χ1) is 13.8. The molecular formula is C19H30N6O3. The SMILES string of the molecule is O=C(NCc1nc(N2CCOCC2)nc(N2CCOCC2)n1)C1CCCCC1. The van der Waals surface area contributed by atoms with Crippen LogP contribution in [-0.2, 0) is 20.8 Å². The van der Waals surface area contributed by atoms with Crippen molar-refractivity contribution in [1.29, 1.82) is 0 Å². The van der Waals surface area contributed by atoms with Crippen molar-refractivity contribution in [2.45, 2.75) is 38.6 Å². The van der Waals surface area contributed by atoms with Gasteiger partial charge >= 0.3 is 0 Å². The van der Waals surface area contributed by atoms with Crippen molar-refractivity contribution in [2.75, 3.05) is 62.4 Å². The van der Waals surface area contributed by atoms with Crippen LogP contribution in [0.4, 0.5) is 11.9 Å². The van der Waals surface area contributed by atoms with E-state index in [0.717, 1.165) is 51.9 Å². The molecule has 1 N–H and O–H groups in total. The van der Waals surface area contributed by atoms with Crippen molar-refractivity contribution in [1.82, 2.24) is 20.3 Å². The molecule has 0 atom stereocenters. The zero-order valence-electron chi connectivity index (χ0n) is 16.4. The van der Waals surface area contributed by atoms with E-state index in [9.17, 15) is 4.79 Å². The Morgan fingerprint density at radius 2 is 1.39 bits per heavy atom. The van der Waals surface area contributed by atoms with Crippen LogP contribution in [0.15, 0.2) is 0 Å². The molecule has 3 aliphatic rings. The van der Waals surface area contributed by atoms with Crippen LogP contribution in [0.25, 0.3) is 0 Å². The number of carbonyl (C=O) groups is 1. The molecule has 4 rings (SSSR count). The van der Waals surface area contributed by atoms with Gasteiger partial charge in [0.1, 0.15) is 0 Å². The molecule has 154 valence electrons. The molecule has 2 saturated heterocycles. The van der Waals surface area contributed by atoms with Gasteiger partial charge in [0.05, 0.1) is 33.0 Å². The van der Waals surface area contributed by atoms with Gasteiger partial charge in [0.2, 0.25) is 17.8 Å². The molecule has 1 saturated carbocycles. The number of hydrogen-bond acceptors (Lipinski definition) is 8. The van der Waals surface area contributed by atoms with Gasteiger partial charge in [0.25, 0.3) is 0 Å². The second-order valence-corrected chi connectivity index (χ2v) is 7.60. The average molecular weight is 390 g/mol. The zero-order chi connectivity index (χ0) is 19.2. The van der Waals surface area contributed by atoms with E-state index in [1.807, 2.05) is 0 Å². The number of carbonyl (C=O) groups excluding carboxylic acids is 1. The molecule has 1 aromatic rings. The maximum atomic E-state index is 12.5. The molecule has 0 bridgehead atoms. The first kappa shape index (κ1) is 19.3. The van der Waals surface area contributed by atoms with E-state index in [0.29, 0.717) is 50.7 Å². The molecular weight excluding hydrogens is 360 g/mol. The fraction of sp³-hybridized carbons (Fsp3) is 0.789. The minimum atomic E-state index is 0.126. The third kappa shape index (κ3) is 4.88. The number of hydrogen-bond donors (Lipinski definition) is 1. The van der Waals surface area contributed by atoms with Crippen LogP contribution in [0.3, 0.4) is 0 Å². The van der Waals surface area contributed by atoms with Crippen molar-refractivity contribution in [3.63, 3.8) is 0 Å². The zero-order valence-corrected chi connectivity index (χ0v) is 16.4. The summed E-state index contributed by atoms with van der Waals surface area (Å²) >= 11 is 0. The number of amides is 1. The van der Waals surface area contributed by atoms with Gasteiger partial charge in [-0.25, -0.2) is 0 Å². The quantitative estimate of drug-likeness (QED) is 0.787. The summed E-state index contributed by atoms with van der Waals surface area (Å²) in [6.07, 6.45) is 5.50. The third-order valence-corrected chi connectivity index (χ3v) is 5.64. The minimum Gasteiger partial charge on any atom is -0.378 e. The molecule has 2 aliphatic heterocycles. The summed E-state index contributed by atoms with van der Waals surface area (Å²) in [4.78, 5) is 30.8. The fourth-order valence-electron chi connectivity index (χ4n) is 3.96. The van der Waals surface area contributed by atoms with Crippen LogP contribution in [-0.4, -0.2) is 73.5 Å². The maximum Gasteiger partial charge on any atom is 0.230 e. The van der Waals surface area contributed by atoms with E-state index in [1.54, 1.807) is 0 Å². The predicted octanol–water partition coefficient (Wildman–Crippen LogP) is 0.741. The second-order valence-electron chi connectivity index (χ2n) is 7.60. The van der Waals surface area contributed by atoms with Crippen molar-refractivity contribution < 1.29 is 14.3 Å². The summed E-state index contributed by atoms with van der Waals surface area (Å²) in [5.74, 6) is 2.21. The Kier molecular flexibility index (Phi) is 6.53. The summed E-state index contributed by atoms with van der Waals surface area (Å²) in [6, 6.07) is 0. The lowest BCUT2D eigenvalue weighted by Gasteiger charge is -2.30. The fourth-order valence-corrected chi connectivity index (χ4v) is 3.96. The molecule has 3 heterocycles. The Morgan fingerprint density at radius 1 is 0.857 bits per heavy atom. The Balaban J connectivity index is 1.48. The second kappa shape index (κ2) is 9.47. The van der Waals surface area contributed by atoms with E-state index < -0.39 is 0 Å². The molecule has 28 heavy (non-hydrogen) atoms. The predicted molar refractivity (Wildman–Crippen MR) is 104 cm³/mol. The van der Waals surface area contributed by atoms with Crippen LogP contribution >= 0.6 is 0 Å². The lowest BCUT2D eigenvalue weighted by Crippen LogP contribution is -2.40. The van der Waals surface area contributed by atoms with E-state index >= 15 is 0 Å². The first-order valence-electron chi connectivity index (χ1n) is 10.5. The monoisotopic (exact) mass is 390 g/mol. The highest BCUT2D eigenvalue weighted by atomic mass is 16.5. The molecule has 9 nitrogen and oxygen atoms in total. The van der Waals surface area contributed by atoms with Gasteiger partial charge in [-0.1, -0.05) is 19.3 Å². The summed E-state index contributed by atoms with van der Waals surface area (Å²) in [7, 11) is 0. The smallest absolute Gasteiger partial charge is 0.230 e. The summed E-state index contributed by atoms with van der Waals surface area (Å²) < 4.78 is 10.9. The van der Waals surface area contributed by atoms with Gasteiger partial charge in [-0.15, -0.1) is 0 Å². The van der Waals surface area contributed by atoms with Crippen molar-refractivity contribution >= 4 is 17.8 Å². The van der Waals surface area contributed by atoms with Crippen LogP contribution < -0.4 is 15.1 Å². The highest BCUT2D eigenvalue weighted by Crippen LogP contribution is 2.24. The van der Waals surface area contributed by atoms with Gasteiger partial charge in [-0.2, -0.15) is 15.0 Å². The number of anilines is 2. The number of morpholine rings is 2. The number of nitrogens with zero attached hydrogens (tertiary/aromatic N) is 5. The molecule has 1 aliphatic carbocycles. The summed E-state index contributed by atoms with van der Waals surface area (Å²) in [6.45, 7) is 6.09. The van der Waals surface area contributed by atoms with Crippen molar-refractivity contribution in [3.05, 3.63) is 5.82 Å². The number of aromatic nitrogens is 3. The van der Waals surface area contributed by atoms with E-state index in [1.165, 1.54) is 6.42 Å². The molecule has 9 heteroatoms. The Morgan fingerprint density at radius 3 is 1.93 bits per heavy atom. The van der Waals surface area contributed by atoms with Crippen LogP contribution in [0.2, 0.25) is 0 Å². The number of nitrogens with one attached hydrogen (secondary N) is 1. The Labute approximate surface area is 165 Å². The molecule has 0 unspecified atom stereocenters. The topological polar surface area (TPSA) is 92.7 Å². The van der Waals surface area contributed by atoms with Gasteiger partial charge in [-0.05, 0) is 12.8 Å². The Bertz CT molecular complexity index is 619. The molecule has 0 aromatic carbocycles. The van der Waals surface area contributed by atoms with Gasteiger partial charge < -0.3 is 24.6 Å². The third-order valence-electron chi connectivity index (χ3n) is 5.64. The van der Waals surface area contributed by atoms with E-state index in [4.69, 9.17) is 14.5 Å². The molecule has 1 aromatic heterocycles. The van der Waals surface area contributed by atoms with E-state index in [-0.39, 0.29) is 11.8 Å². The highest BCUT2D eigenvalue weighted by Gasteiger charge is 2.23. The molecule has 0 spiro atoms. The lowest BCUT2D eigenvalue weighted by atomic mass is 9.89. The normalized spacial score (nSPS) is 21.6. The van der Waals surface area contributed by atoms with Crippen molar-refractivity contribution in [2.24, 2.45) is 5.92 Å². The Hall–Kier alpha value is -2.00. The maximum absolute atomic E-state index is 12.5. The molecule has 1 amide bonds. The summed E-state index contributed by atoms with van der Waals surface area (Å²) in [5.41, 5.74) is 0. The van der Waals surface area contributed by atoms with Gasteiger partial charge in [0, 0.05) is 32.1 Å². The lowest BCUT2D eigenvalue weighted by molar-refractivity contribution is -0.126. The van der Waals surface area contributed by atoms with Gasteiger partial charge in [-0.3, -0.25) is 4.79 Å². The van der Waals surface area contributed by atoms with Crippen LogP contribution in [0.5, 0.6) is 0 Å².